The van der Waals surface area contributed by atoms with E-state index >= 15 is 0 Å². The maximum Gasteiger partial charge on any atom is 0.309 e. The van der Waals surface area contributed by atoms with E-state index in [-0.39, 0.29) is 42.2 Å². The second-order valence-corrected chi connectivity index (χ2v) is 5.57. The molecule has 1 rings (SSSR count). The van der Waals surface area contributed by atoms with Crippen molar-refractivity contribution in [2.75, 3.05) is 13.2 Å². The first-order valence-corrected chi connectivity index (χ1v) is 6.75. The molecule has 18 heavy (non-hydrogen) atoms. The Hall–Kier alpha value is -0.900. The van der Waals surface area contributed by atoms with E-state index in [9.17, 15) is 9.59 Å². The van der Waals surface area contributed by atoms with Crippen molar-refractivity contribution in [3.05, 3.63) is 0 Å². The molecular formula is C14H24O4. The molecule has 1 aliphatic rings. The molecule has 0 aromatic carbocycles. The molecule has 1 aliphatic carbocycles. The van der Waals surface area contributed by atoms with Crippen LogP contribution in [-0.2, 0) is 14.3 Å². The van der Waals surface area contributed by atoms with Crippen molar-refractivity contribution in [3.8, 4) is 0 Å². The number of carbonyl (C=O) groups is 2. The molecule has 4 nitrogen and oxygen atoms in total. The van der Waals surface area contributed by atoms with Gasteiger partial charge in [-0.3, -0.25) is 9.59 Å². The molecular weight excluding hydrogens is 232 g/mol. The van der Waals surface area contributed by atoms with Crippen LogP contribution in [0.3, 0.4) is 0 Å². The fraction of sp³-hybridized carbons (Fsp3) is 0.857. The molecule has 1 saturated carbocycles. The van der Waals surface area contributed by atoms with Gasteiger partial charge in [-0.2, -0.15) is 0 Å². The van der Waals surface area contributed by atoms with Crippen molar-refractivity contribution in [1.82, 2.24) is 0 Å². The van der Waals surface area contributed by atoms with E-state index in [2.05, 4.69) is 0 Å². The van der Waals surface area contributed by atoms with E-state index in [0.29, 0.717) is 12.8 Å². The molecule has 0 aromatic heterocycles. The van der Waals surface area contributed by atoms with Crippen molar-refractivity contribution < 1.29 is 19.4 Å². The van der Waals surface area contributed by atoms with Crippen molar-refractivity contribution in [3.63, 3.8) is 0 Å². The van der Waals surface area contributed by atoms with Gasteiger partial charge in [-0.15, -0.1) is 0 Å². The Balaban J connectivity index is 2.63. The molecule has 0 radical (unpaired) electrons. The summed E-state index contributed by atoms with van der Waals surface area (Å²) in [5.74, 6) is -0.208. The number of ether oxygens (including phenoxy) is 1. The number of aliphatic hydroxyl groups is 1. The predicted molar refractivity (Wildman–Crippen MR) is 68.0 cm³/mol. The minimum Gasteiger partial charge on any atom is -0.465 e. The minimum atomic E-state index is -0.316. The van der Waals surface area contributed by atoms with Gasteiger partial charge < -0.3 is 9.84 Å². The van der Waals surface area contributed by atoms with E-state index in [1.807, 2.05) is 20.8 Å². The second kappa shape index (κ2) is 6.32. The van der Waals surface area contributed by atoms with Crippen LogP contribution >= 0.6 is 0 Å². The largest absolute Gasteiger partial charge is 0.465 e. The molecule has 0 spiro atoms. The van der Waals surface area contributed by atoms with Crippen LogP contribution in [0.2, 0.25) is 0 Å². The van der Waals surface area contributed by atoms with E-state index in [0.717, 1.165) is 12.8 Å². The molecule has 2 atom stereocenters. The Morgan fingerprint density at radius 3 is 2.44 bits per heavy atom. The molecule has 0 saturated heterocycles. The van der Waals surface area contributed by atoms with Crippen molar-refractivity contribution in [2.45, 2.75) is 46.5 Å². The monoisotopic (exact) mass is 256 g/mol. The number of carbonyl (C=O) groups excluding carboxylic acids is 2. The molecule has 2 unspecified atom stereocenters. The zero-order valence-corrected chi connectivity index (χ0v) is 11.6. The molecule has 0 aliphatic heterocycles. The summed E-state index contributed by atoms with van der Waals surface area (Å²) in [5.41, 5.74) is -0.316. The number of hydrogen-bond donors (Lipinski definition) is 1. The number of rotatable bonds is 6. The van der Waals surface area contributed by atoms with E-state index in [1.165, 1.54) is 0 Å². The summed E-state index contributed by atoms with van der Waals surface area (Å²) in [6.45, 7) is 6.12. The van der Waals surface area contributed by atoms with Crippen LogP contribution in [0, 0.1) is 17.3 Å². The number of aliphatic hydroxyl groups excluding tert-OH is 1. The third-order valence-electron chi connectivity index (χ3n) is 4.11. The predicted octanol–water partition coefficient (Wildman–Crippen LogP) is 1.94. The van der Waals surface area contributed by atoms with Gasteiger partial charge in [-0.25, -0.2) is 0 Å². The van der Waals surface area contributed by atoms with Crippen LogP contribution in [0.5, 0.6) is 0 Å². The van der Waals surface area contributed by atoms with Crippen LogP contribution < -0.4 is 0 Å². The van der Waals surface area contributed by atoms with E-state index in [4.69, 9.17) is 9.84 Å². The highest BCUT2D eigenvalue weighted by Gasteiger charge is 2.49. The lowest BCUT2D eigenvalue weighted by atomic mass is 9.73. The Morgan fingerprint density at radius 1 is 1.28 bits per heavy atom. The molecule has 4 heteroatoms. The van der Waals surface area contributed by atoms with E-state index in [1.54, 1.807) is 0 Å². The molecule has 0 heterocycles. The van der Waals surface area contributed by atoms with Gasteiger partial charge >= 0.3 is 5.97 Å². The highest BCUT2D eigenvalue weighted by atomic mass is 16.5. The van der Waals surface area contributed by atoms with Gasteiger partial charge in [0.1, 0.15) is 5.78 Å². The summed E-state index contributed by atoms with van der Waals surface area (Å²) in [4.78, 5) is 23.9. The van der Waals surface area contributed by atoms with Gasteiger partial charge in [-0.1, -0.05) is 20.8 Å². The molecule has 0 amide bonds. The summed E-state index contributed by atoms with van der Waals surface area (Å²) in [6.07, 6.45) is 2.50. The molecule has 1 N–H and O–H groups in total. The van der Waals surface area contributed by atoms with Crippen LogP contribution in [-0.4, -0.2) is 30.1 Å². The number of hydrogen-bond acceptors (Lipinski definition) is 4. The third kappa shape index (κ3) is 3.10. The first-order valence-electron chi connectivity index (χ1n) is 6.75. The lowest BCUT2D eigenvalue weighted by Gasteiger charge is -2.30. The minimum absolute atomic E-state index is 0.0261. The highest BCUT2D eigenvalue weighted by Crippen LogP contribution is 2.48. The molecule has 104 valence electrons. The summed E-state index contributed by atoms with van der Waals surface area (Å²) in [5, 5.41) is 8.66. The van der Waals surface area contributed by atoms with Crippen molar-refractivity contribution >= 4 is 11.8 Å². The van der Waals surface area contributed by atoms with Gasteiger partial charge in [0.25, 0.3) is 0 Å². The average molecular weight is 256 g/mol. The zero-order chi connectivity index (χ0) is 13.8. The fourth-order valence-electron chi connectivity index (χ4n) is 2.90. The number of ketones is 1. The highest BCUT2D eigenvalue weighted by molar-refractivity contribution is 5.84. The van der Waals surface area contributed by atoms with Crippen molar-refractivity contribution in [2.24, 2.45) is 17.3 Å². The second-order valence-electron chi connectivity index (χ2n) is 5.57. The van der Waals surface area contributed by atoms with Gasteiger partial charge in [-0.05, 0) is 18.3 Å². The summed E-state index contributed by atoms with van der Waals surface area (Å²) in [7, 11) is 0. The zero-order valence-electron chi connectivity index (χ0n) is 11.6. The SMILES string of the molecule is CCC(=O)C1CCC(C(=O)OCCCO)C1(C)C. The molecule has 0 aromatic rings. The third-order valence-corrected chi connectivity index (χ3v) is 4.11. The Morgan fingerprint density at radius 2 is 1.89 bits per heavy atom. The van der Waals surface area contributed by atoms with Crippen molar-refractivity contribution in [1.29, 1.82) is 0 Å². The Bertz CT molecular complexity index is 309. The standard InChI is InChI=1S/C14H24O4/c1-4-12(16)10-6-7-11(14(10,2)3)13(17)18-9-5-8-15/h10-11,15H,4-9H2,1-3H3. The maximum atomic E-state index is 12.0. The molecule has 1 fully saturated rings. The molecule has 0 bridgehead atoms. The van der Waals surface area contributed by atoms with Gasteiger partial charge in [0.15, 0.2) is 0 Å². The lowest BCUT2D eigenvalue weighted by molar-refractivity contribution is -0.152. The lowest BCUT2D eigenvalue weighted by Crippen LogP contribution is -2.35. The topological polar surface area (TPSA) is 63.6 Å². The van der Waals surface area contributed by atoms with Gasteiger partial charge in [0, 0.05) is 25.4 Å². The summed E-state index contributed by atoms with van der Waals surface area (Å²) >= 11 is 0. The first-order chi connectivity index (χ1) is 8.45. The number of esters is 1. The first kappa shape index (κ1) is 15.2. The van der Waals surface area contributed by atoms with Crippen LogP contribution in [0.4, 0.5) is 0 Å². The average Bonchev–Trinajstić information content (AvgIpc) is 2.64. The van der Waals surface area contributed by atoms with Crippen LogP contribution in [0.15, 0.2) is 0 Å². The Kier molecular flexibility index (Phi) is 5.32. The van der Waals surface area contributed by atoms with Crippen LogP contribution in [0.25, 0.3) is 0 Å². The smallest absolute Gasteiger partial charge is 0.309 e. The normalized spacial score (nSPS) is 26.0. The maximum absolute atomic E-state index is 12.0. The quantitative estimate of drug-likeness (QED) is 0.582. The number of Topliss-reactive ketones (excluding diaryl/α,β-unsaturated/α-hetero) is 1. The van der Waals surface area contributed by atoms with Crippen LogP contribution in [0.1, 0.15) is 46.5 Å². The summed E-state index contributed by atoms with van der Waals surface area (Å²) in [6, 6.07) is 0. The Labute approximate surface area is 109 Å². The van der Waals surface area contributed by atoms with Gasteiger partial charge in [0.2, 0.25) is 0 Å². The fourth-order valence-corrected chi connectivity index (χ4v) is 2.90. The van der Waals surface area contributed by atoms with Gasteiger partial charge in [0.05, 0.1) is 12.5 Å². The summed E-state index contributed by atoms with van der Waals surface area (Å²) < 4.78 is 5.15. The van der Waals surface area contributed by atoms with E-state index < -0.39 is 0 Å².